The predicted octanol–water partition coefficient (Wildman–Crippen LogP) is -0.729. The van der Waals surface area contributed by atoms with Crippen molar-refractivity contribution in [3.63, 3.8) is 0 Å². The minimum absolute atomic E-state index is 0.268. The number of hydrogen-bond donors (Lipinski definition) is 2. The van der Waals surface area contributed by atoms with Crippen molar-refractivity contribution in [1.82, 2.24) is 10.2 Å². The summed E-state index contributed by atoms with van der Waals surface area (Å²) in [6.07, 6.45) is 1.07. The van der Waals surface area contributed by atoms with Gasteiger partial charge in [0.1, 0.15) is 0 Å². The van der Waals surface area contributed by atoms with Crippen LogP contribution in [0.15, 0.2) is 0 Å². The number of likely N-dealkylation sites (N-methyl/N-ethyl adjacent to an activating group) is 1. The van der Waals surface area contributed by atoms with E-state index in [-0.39, 0.29) is 6.61 Å². The van der Waals surface area contributed by atoms with E-state index >= 15 is 0 Å². The highest BCUT2D eigenvalue weighted by Crippen LogP contribution is 2.09. The number of nitrogens with zero attached hydrogens (tertiary/aromatic N) is 1. The third-order valence-corrected chi connectivity index (χ3v) is 2.15. The maximum atomic E-state index is 8.78. The molecule has 0 aromatic carbocycles. The van der Waals surface area contributed by atoms with Gasteiger partial charge in [-0.2, -0.15) is 0 Å². The molecule has 1 rings (SSSR count). The van der Waals surface area contributed by atoms with Crippen LogP contribution in [0.3, 0.4) is 0 Å². The molecule has 0 radical (unpaired) electrons. The van der Waals surface area contributed by atoms with Crippen molar-refractivity contribution < 1.29 is 5.11 Å². The van der Waals surface area contributed by atoms with Gasteiger partial charge in [0.2, 0.25) is 0 Å². The van der Waals surface area contributed by atoms with Crippen molar-refractivity contribution in [2.45, 2.75) is 18.5 Å². The van der Waals surface area contributed by atoms with Crippen LogP contribution in [0.1, 0.15) is 6.42 Å². The molecule has 0 saturated carbocycles. The molecule has 0 unspecified atom stereocenters. The third-order valence-electron chi connectivity index (χ3n) is 2.15. The number of nitrogens with one attached hydrogen (secondary N) is 1. The fourth-order valence-corrected chi connectivity index (χ4v) is 1.33. The Bertz CT molecular complexity index is 106. The Kier molecular flexibility index (Phi) is 2.65. The highest BCUT2D eigenvalue weighted by Gasteiger charge is 2.24. The molecule has 2 N–H and O–H groups in total. The summed E-state index contributed by atoms with van der Waals surface area (Å²) in [4.78, 5) is 2.20. The Morgan fingerprint density at radius 3 is 2.60 bits per heavy atom. The van der Waals surface area contributed by atoms with E-state index in [1.807, 2.05) is 0 Å². The van der Waals surface area contributed by atoms with Crippen molar-refractivity contribution in [3.05, 3.63) is 0 Å². The largest absolute Gasteiger partial charge is 0.395 e. The summed E-state index contributed by atoms with van der Waals surface area (Å²) in [5, 5.41) is 12.0. The van der Waals surface area contributed by atoms with E-state index in [0.717, 1.165) is 13.0 Å². The Balaban J connectivity index is 2.28. The second kappa shape index (κ2) is 3.32. The molecule has 3 nitrogen and oxygen atoms in total. The topological polar surface area (TPSA) is 35.5 Å². The zero-order valence-corrected chi connectivity index (χ0v) is 6.67. The fraction of sp³-hybridized carbons (Fsp3) is 1.00. The van der Waals surface area contributed by atoms with Crippen LogP contribution >= 0.6 is 0 Å². The molecule has 0 aromatic rings. The minimum Gasteiger partial charge on any atom is -0.395 e. The predicted molar refractivity (Wildman–Crippen MR) is 41.0 cm³/mol. The van der Waals surface area contributed by atoms with E-state index < -0.39 is 0 Å². The van der Waals surface area contributed by atoms with Gasteiger partial charge in [0.25, 0.3) is 0 Å². The van der Waals surface area contributed by atoms with Gasteiger partial charge >= 0.3 is 0 Å². The molecule has 1 fully saturated rings. The van der Waals surface area contributed by atoms with Gasteiger partial charge < -0.3 is 15.3 Å². The summed E-state index contributed by atoms with van der Waals surface area (Å²) in [6.45, 7) is 1.28. The first-order chi connectivity index (χ1) is 4.74. The average molecular weight is 144 g/mol. The molecule has 1 heterocycles. The van der Waals surface area contributed by atoms with E-state index in [1.54, 1.807) is 0 Å². The number of hydrogen-bond acceptors (Lipinski definition) is 3. The number of aliphatic hydroxyl groups is 1. The van der Waals surface area contributed by atoms with Crippen molar-refractivity contribution in [2.24, 2.45) is 0 Å². The van der Waals surface area contributed by atoms with E-state index in [1.165, 1.54) is 0 Å². The first kappa shape index (κ1) is 7.98. The molecule has 1 saturated heterocycles. The van der Waals surface area contributed by atoms with Gasteiger partial charge in [-0.15, -0.1) is 0 Å². The molecule has 0 aliphatic carbocycles. The van der Waals surface area contributed by atoms with Crippen LogP contribution in [0.2, 0.25) is 0 Å². The molecule has 3 heteroatoms. The smallest absolute Gasteiger partial charge is 0.0585 e. The minimum atomic E-state index is 0.268. The molecule has 0 spiro atoms. The monoisotopic (exact) mass is 144 g/mol. The Labute approximate surface area is 62.0 Å². The molecule has 60 valence electrons. The van der Waals surface area contributed by atoms with Crippen LogP contribution in [0.25, 0.3) is 0 Å². The summed E-state index contributed by atoms with van der Waals surface area (Å²) in [6, 6.07) is 0.935. The van der Waals surface area contributed by atoms with E-state index in [9.17, 15) is 0 Å². The highest BCUT2D eigenvalue weighted by atomic mass is 16.3. The summed E-state index contributed by atoms with van der Waals surface area (Å²) in [5.74, 6) is 0. The molecule has 1 aliphatic rings. The van der Waals surface area contributed by atoms with Gasteiger partial charge in [0.05, 0.1) is 6.61 Å². The van der Waals surface area contributed by atoms with Crippen LogP contribution < -0.4 is 5.32 Å². The molecular weight excluding hydrogens is 128 g/mol. The van der Waals surface area contributed by atoms with Gasteiger partial charge in [-0.3, -0.25) is 0 Å². The Hall–Kier alpha value is -0.120. The molecular formula is C7H16N2O. The van der Waals surface area contributed by atoms with Gasteiger partial charge in [0.15, 0.2) is 0 Å². The summed E-state index contributed by atoms with van der Waals surface area (Å²) >= 11 is 0. The fourth-order valence-electron chi connectivity index (χ4n) is 1.33. The lowest BCUT2D eigenvalue weighted by atomic mass is 10.2. The summed E-state index contributed by atoms with van der Waals surface area (Å²) in [7, 11) is 4.15. The van der Waals surface area contributed by atoms with E-state index in [2.05, 4.69) is 24.3 Å². The molecule has 1 aliphatic heterocycles. The Morgan fingerprint density at radius 1 is 1.60 bits per heavy atom. The van der Waals surface area contributed by atoms with E-state index in [0.29, 0.717) is 12.1 Å². The standard InChI is InChI=1S/C7H16N2O/c1-9(2)7-3-6(5-10)8-4-7/h6-8,10H,3-5H2,1-2H3/t6-,7-/m1/s1. The zero-order valence-electron chi connectivity index (χ0n) is 6.67. The second-order valence-corrected chi connectivity index (χ2v) is 3.14. The van der Waals surface area contributed by atoms with Crippen LogP contribution in [0.4, 0.5) is 0 Å². The molecule has 0 amide bonds. The average Bonchev–Trinajstić information content (AvgIpc) is 2.34. The van der Waals surface area contributed by atoms with Crippen LogP contribution in [-0.2, 0) is 0 Å². The maximum absolute atomic E-state index is 8.78. The first-order valence-corrected chi connectivity index (χ1v) is 3.74. The lowest BCUT2D eigenvalue weighted by Gasteiger charge is -2.17. The normalized spacial score (nSPS) is 33.6. The van der Waals surface area contributed by atoms with E-state index in [4.69, 9.17) is 5.11 Å². The second-order valence-electron chi connectivity index (χ2n) is 3.14. The lowest BCUT2D eigenvalue weighted by molar-refractivity contribution is 0.245. The van der Waals surface area contributed by atoms with Gasteiger partial charge in [0, 0.05) is 18.6 Å². The van der Waals surface area contributed by atoms with Crippen LogP contribution in [-0.4, -0.2) is 49.3 Å². The first-order valence-electron chi connectivity index (χ1n) is 3.74. The SMILES string of the molecule is CN(C)[C@H]1CN[C@@H](CO)C1. The molecule has 0 aromatic heterocycles. The van der Waals surface area contributed by atoms with Crippen LogP contribution in [0, 0.1) is 0 Å². The van der Waals surface area contributed by atoms with Crippen molar-refractivity contribution in [3.8, 4) is 0 Å². The van der Waals surface area contributed by atoms with Crippen molar-refractivity contribution in [2.75, 3.05) is 27.2 Å². The molecule has 2 atom stereocenters. The zero-order chi connectivity index (χ0) is 7.56. The highest BCUT2D eigenvalue weighted by molar-refractivity contribution is 4.85. The van der Waals surface area contributed by atoms with Crippen molar-refractivity contribution in [1.29, 1.82) is 0 Å². The quantitative estimate of drug-likeness (QED) is 0.536. The van der Waals surface area contributed by atoms with Crippen molar-refractivity contribution >= 4 is 0 Å². The van der Waals surface area contributed by atoms with Gasteiger partial charge in [-0.1, -0.05) is 0 Å². The molecule has 0 bridgehead atoms. The van der Waals surface area contributed by atoms with Gasteiger partial charge in [-0.25, -0.2) is 0 Å². The summed E-state index contributed by atoms with van der Waals surface area (Å²) in [5.41, 5.74) is 0. The van der Waals surface area contributed by atoms with Crippen LogP contribution in [0.5, 0.6) is 0 Å². The third kappa shape index (κ3) is 1.68. The Morgan fingerprint density at radius 2 is 2.30 bits per heavy atom. The number of rotatable bonds is 2. The maximum Gasteiger partial charge on any atom is 0.0585 e. The summed E-state index contributed by atoms with van der Waals surface area (Å²) < 4.78 is 0. The number of aliphatic hydroxyl groups excluding tert-OH is 1. The van der Waals surface area contributed by atoms with Gasteiger partial charge in [-0.05, 0) is 20.5 Å². The molecule has 10 heavy (non-hydrogen) atoms. The lowest BCUT2D eigenvalue weighted by Crippen LogP contribution is -2.29.